The Morgan fingerprint density at radius 3 is 2.57 bits per heavy atom. The van der Waals surface area contributed by atoms with Crippen molar-refractivity contribution in [3.63, 3.8) is 0 Å². The number of aromatic carboxylic acids is 1. The van der Waals surface area contributed by atoms with Crippen LogP contribution in [-0.2, 0) is 9.53 Å². The monoisotopic (exact) mass is 308 g/mol. The highest BCUT2D eigenvalue weighted by atomic mass is 35.5. The lowest BCUT2D eigenvalue weighted by molar-refractivity contribution is -0.126. The lowest BCUT2D eigenvalue weighted by atomic mass is 9.81. The van der Waals surface area contributed by atoms with Crippen molar-refractivity contribution >= 4 is 29.2 Å². The summed E-state index contributed by atoms with van der Waals surface area (Å²) in [5.74, 6) is -1.57. The molecule has 1 amide bonds. The first-order chi connectivity index (χ1) is 9.98. The maximum absolute atomic E-state index is 12.3. The van der Waals surface area contributed by atoms with Gasteiger partial charge in [-0.25, -0.2) is 4.79 Å². The maximum atomic E-state index is 12.3. The normalized spacial score (nSPS) is 16.8. The fraction of sp³-hybridized carbons (Fsp3) is 0.357. The molecule has 1 aliphatic heterocycles. The third kappa shape index (κ3) is 3.15. The third-order valence-corrected chi connectivity index (χ3v) is 3.77. The molecule has 1 aromatic rings. The molecule has 1 fully saturated rings. The van der Waals surface area contributed by atoms with Gasteiger partial charge in [-0.05, 0) is 31.0 Å². The molecule has 0 aliphatic carbocycles. The number of hydrogen-bond donors (Lipinski definition) is 2. The molecule has 0 radical (unpaired) electrons. The number of carboxylic acids is 1. The summed E-state index contributed by atoms with van der Waals surface area (Å²) in [6.45, 7) is 0.722. The molecule has 0 saturated carbocycles. The van der Waals surface area contributed by atoms with E-state index in [0.717, 1.165) is 0 Å². The molecule has 2 rings (SSSR count). The molecule has 0 atom stereocenters. The second kappa shape index (κ2) is 6.12. The molecule has 0 spiro atoms. The number of benzene rings is 1. The van der Waals surface area contributed by atoms with Crippen LogP contribution in [0.2, 0.25) is 5.02 Å². The summed E-state index contributed by atoms with van der Waals surface area (Å²) in [6.07, 6.45) is 0.659. The van der Waals surface area contributed by atoms with Gasteiger partial charge in [0.2, 0.25) is 5.91 Å². The van der Waals surface area contributed by atoms with Crippen LogP contribution in [0.25, 0.3) is 0 Å². The lowest BCUT2D eigenvalue weighted by Gasteiger charge is -2.29. The number of rotatable bonds is 3. The van der Waals surface area contributed by atoms with Gasteiger partial charge in [-0.3, -0.25) is 4.79 Å². The smallest absolute Gasteiger partial charge is 0.337 e. The van der Waals surface area contributed by atoms with Crippen molar-refractivity contribution in [1.29, 1.82) is 5.26 Å². The zero-order valence-electron chi connectivity index (χ0n) is 11.1. The molecular weight excluding hydrogens is 296 g/mol. The van der Waals surface area contributed by atoms with Crippen molar-refractivity contribution in [2.45, 2.75) is 12.8 Å². The molecule has 0 aromatic heterocycles. The average molecular weight is 309 g/mol. The van der Waals surface area contributed by atoms with E-state index in [9.17, 15) is 14.9 Å². The highest BCUT2D eigenvalue weighted by Crippen LogP contribution is 2.31. The first kappa shape index (κ1) is 15.3. The van der Waals surface area contributed by atoms with E-state index in [1.807, 2.05) is 0 Å². The van der Waals surface area contributed by atoms with Crippen LogP contribution in [0.4, 0.5) is 5.69 Å². The van der Waals surface area contributed by atoms with Crippen LogP contribution in [-0.4, -0.2) is 30.2 Å². The van der Waals surface area contributed by atoms with E-state index in [0.29, 0.717) is 31.7 Å². The summed E-state index contributed by atoms with van der Waals surface area (Å²) < 4.78 is 5.17. The van der Waals surface area contributed by atoms with Gasteiger partial charge in [-0.2, -0.15) is 5.26 Å². The fourth-order valence-electron chi connectivity index (χ4n) is 2.13. The molecule has 0 unspecified atom stereocenters. The van der Waals surface area contributed by atoms with E-state index in [1.54, 1.807) is 0 Å². The molecule has 1 aromatic carbocycles. The number of carbonyl (C=O) groups is 2. The number of nitriles is 1. The van der Waals surface area contributed by atoms with Gasteiger partial charge in [0, 0.05) is 18.9 Å². The Kier molecular flexibility index (Phi) is 4.46. The van der Waals surface area contributed by atoms with Gasteiger partial charge in [0.15, 0.2) is 0 Å². The van der Waals surface area contributed by atoms with E-state index in [1.165, 1.54) is 18.2 Å². The quantitative estimate of drug-likeness (QED) is 0.892. The van der Waals surface area contributed by atoms with Crippen molar-refractivity contribution in [2.75, 3.05) is 18.5 Å². The molecule has 1 aliphatic rings. The topological polar surface area (TPSA) is 99.4 Å². The zero-order valence-corrected chi connectivity index (χ0v) is 11.8. The Morgan fingerprint density at radius 1 is 1.38 bits per heavy atom. The minimum Gasteiger partial charge on any atom is -0.478 e. The van der Waals surface area contributed by atoms with Gasteiger partial charge in [0.05, 0.1) is 16.7 Å². The molecule has 110 valence electrons. The van der Waals surface area contributed by atoms with Crippen molar-refractivity contribution < 1.29 is 19.4 Å². The fourth-order valence-corrected chi connectivity index (χ4v) is 2.39. The zero-order chi connectivity index (χ0) is 15.5. The van der Waals surface area contributed by atoms with Gasteiger partial charge in [-0.1, -0.05) is 11.6 Å². The molecule has 1 saturated heterocycles. The van der Waals surface area contributed by atoms with Crippen LogP contribution in [0.5, 0.6) is 0 Å². The Balaban J connectivity index is 2.18. The summed E-state index contributed by atoms with van der Waals surface area (Å²) in [4.78, 5) is 23.2. The molecular formula is C14H13ClN2O4. The standard InChI is InChI=1S/C14H13ClN2O4/c15-11-7-9(1-2-10(11)12(18)19)17-13(20)14(8-16)3-5-21-6-4-14/h1-2,7H,3-6H2,(H,17,20)(H,18,19). The van der Waals surface area contributed by atoms with Crippen LogP contribution < -0.4 is 5.32 Å². The van der Waals surface area contributed by atoms with Crippen molar-refractivity contribution in [3.05, 3.63) is 28.8 Å². The second-order valence-corrected chi connectivity index (χ2v) is 5.17. The first-order valence-electron chi connectivity index (χ1n) is 6.32. The molecule has 0 bridgehead atoms. The number of amides is 1. The van der Waals surface area contributed by atoms with E-state index in [4.69, 9.17) is 21.4 Å². The van der Waals surface area contributed by atoms with Crippen molar-refractivity contribution in [1.82, 2.24) is 0 Å². The van der Waals surface area contributed by atoms with Crippen LogP contribution in [0.1, 0.15) is 23.2 Å². The Morgan fingerprint density at radius 2 is 2.05 bits per heavy atom. The molecule has 2 N–H and O–H groups in total. The largest absolute Gasteiger partial charge is 0.478 e. The summed E-state index contributed by atoms with van der Waals surface area (Å²) in [6, 6.07) is 6.17. The Hall–Kier alpha value is -2.10. The van der Waals surface area contributed by atoms with Crippen molar-refractivity contribution in [3.8, 4) is 6.07 Å². The number of nitrogens with zero attached hydrogens (tertiary/aromatic N) is 1. The van der Waals surface area contributed by atoms with E-state index in [2.05, 4.69) is 11.4 Å². The van der Waals surface area contributed by atoms with Crippen molar-refractivity contribution in [2.24, 2.45) is 5.41 Å². The predicted octanol–water partition coefficient (Wildman–Crippen LogP) is 2.30. The van der Waals surface area contributed by atoms with Gasteiger partial charge in [0.1, 0.15) is 5.41 Å². The van der Waals surface area contributed by atoms with Crippen LogP contribution in [0.15, 0.2) is 18.2 Å². The Labute approximate surface area is 126 Å². The molecule has 1 heterocycles. The Bertz CT molecular complexity index is 618. The number of ether oxygens (including phenoxy) is 1. The van der Waals surface area contributed by atoms with Gasteiger partial charge >= 0.3 is 5.97 Å². The first-order valence-corrected chi connectivity index (χ1v) is 6.69. The minimum atomic E-state index is -1.14. The van der Waals surface area contributed by atoms with Crippen LogP contribution in [0.3, 0.4) is 0 Å². The summed E-state index contributed by atoms with van der Waals surface area (Å²) in [7, 11) is 0. The van der Waals surface area contributed by atoms with E-state index in [-0.39, 0.29) is 10.6 Å². The second-order valence-electron chi connectivity index (χ2n) is 4.76. The number of carboxylic acid groups (broad SMARTS) is 1. The molecule has 21 heavy (non-hydrogen) atoms. The molecule has 7 heteroatoms. The number of anilines is 1. The summed E-state index contributed by atoms with van der Waals surface area (Å²) >= 11 is 5.85. The van der Waals surface area contributed by atoms with Crippen LogP contribution >= 0.6 is 11.6 Å². The third-order valence-electron chi connectivity index (χ3n) is 3.45. The number of nitrogens with one attached hydrogen (secondary N) is 1. The number of halogens is 1. The van der Waals surface area contributed by atoms with Gasteiger partial charge in [0.25, 0.3) is 0 Å². The highest BCUT2D eigenvalue weighted by molar-refractivity contribution is 6.33. The van der Waals surface area contributed by atoms with Gasteiger partial charge < -0.3 is 15.2 Å². The lowest BCUT2D eigenvalue weighted by Crippen LogP contribution is -2.39. The van der Waals surface area contributed by atoms with Crippen LogP contribution in [0, 0.1) is 16.7 Å². The average Bonchev–Trinajstić information content (AvgIpc) is 2.47. The number of carbonyl (C=O) groups excluding carboxylic acids is 1. The minimum absolute atomic E-state index is 0.0262. The SMILES string of the molecule is N#CC1(C(=O)Nc2ccc(C(=O)O)c(Cl)c2)CCOCC1. The van der Waals surface area contributed by atoms with E-state index < -0.39 is 17.3 Å². The summed E-state index contributed by atoms with van der Waals surface area (Å²) in [5, 5.41) is 20.8. The van der Waals surface area contributed by atoms with Gasteiger partial charge in [-0.15, -0.1) is 0 Å². The van der Waals surface area contributed by atoms with E-state index >= 15 is 0 Å². The highest BCUT2D eigenvalue weighted by Gasteiger charge is 2.40. The number of hydrogen-bond acceptors (Lipinski definition) is 4. The maximum Gasteiger partial charge on any atom is 0.337 e. The molecule has 6 nitrogen and oxygen atoms in total. The predicted molar refractivity (Wildman–Crippen MR) is 75.1 cm³/mol. The summed E-state index contributed by atoms with van der Waals surface area (Å²) in [5.41, 5.74) is -0.803.